The van der Waals surface area contributed by atoms with Crippen molar-refractivity contribution < 1.29 is 8.76 Å². The third-order valence-corrected chi connectivity index (χ3v) is 5.52. The molecule has 2 rings (SSSR count). The summed E-state index contributed by atoms with van der Waals surface area (Å²) in [6, 6.07) is 5.89. The van der Waals surface area contributed by atoms with E-state index in [2.05, 4.69) is 33.8 Å². The van der Waals surface area contributed by atoms with Gasteiger partial charge in [-0.1, -0.05) is 44.9 Å². The molecular formula is C17H26O2S. The summed E-state index contributed by atoms with van der Waals surface area (Å²) < 4.78 is 21.2. The molecule has 2 nitrogen and oxygen atoms in total. The molecule has 112 valence electrons. The van der Waals surface area contributed by atoms with Gasteiger partial charge in [-0.05, 0) is 55.1 Å². The van der Waals surface area contributed by atoms with Crippen LogP contribution in [0, 0.1) is 24.7 Å². The highest BCUT2D eigenvalue weighted by atomic mass is 32.2. The van der Waals surface area contributed by atoms with Crippen LogP contribution in [0.1, 0.15) is 57.1 Å². The summed E-state index contributed by atoms with van der Waals surface area (Å²) in [5.74, 6) is 2.36. The van der Waals surface area contributed by atoms with Crippen molar-refractivity contribution in [1.29, 1.82) is 0 Å². The third-order valence-electron chi connectivity index (χ3n) is 4.78. The Labute approximate surface area is 125 Å². The van der Waals surface area contributed by atoms with Crippen LogP contribution < -0.4 is 0 Å². The van der Waals surface area contributed by atoms with Crippen molar-refractivity contribution in [2.24, 2.45) is 17.8 Å². The van der Waals surface area contributed by atoms with Gasteiger partial charge < -0.3 is 4.55 Å². The van der Waals surface area contributed by atoms with Gasteiger partial charge in [-0.3, -0.25) is 0 Å². The molecule has 0 aromatic heterocycles. The van der Waals surface area contributed by atoms with Crippen LogP contribution in [0.3, 0.4) is 0 Å². The van der Waals surface area contributed by atoms with E-state index in [9.17, 15) is 8.76 Å². The quantitative estimate of drug-likeness (QED) is 0.817. The van der Waals surface area contributed by atoms with Crippen LogP contribution in [0.5, 0.6) is 0 Å². The zero-order chi connectivity index (χ0) is 14.9. The first kappa shape index (κ1) is 15.7. The predicted molar refractivity (Wildman–Crippen MR) is 84.3 cm³/mol. The van der Waals surface area contributed by atoms with E-state index >= 15 is 0 Å². The van der Waals surface area contributed by atoms with Crippen molar-refractivity contribution in [3.8, 4) is 0 Å². The lowest BCUT2D eigenvalue weighted by atomic mass is 9.67. The van der Waals surface area contributed by atoms with Crippen molar-refractivity contribution in [3.05, 3.63) is 29.3 Å². The molecule has 0 saturated heterocycles. The molecule has 0 radical (unpaired) electrons. The van der Waals surface area contributed by atoms with E-state index in [1.165, 1.54) is 18.4 Å². The Morgan fingerprint density at radius 3 is 2.60 bits per heavy atom. The van der Waals surface area contributed by atoms with E-state index < -0.39 is 11.1 Å². The second-order valence-corrected chi connectivity index (χ2v) is 7.66. The molecule has 1 aromatic rings. The van der Waals surface area contributed by atoms with Gasteiger partial charge in [0.05, 0.1) is 4.90 Å². The Bertz CT molecular complexity index is 496. The minimum absolute atomic E-state index is 0.421. The Morgan fingerprint density at radius 1 is 1.30 bits per heavy atom. The van der Waals surface area contributed by atoms with E-state index in [0.717, 1.165) is 12.0 Å². The maximum Gasteiger partial charge on any atom is 0.186 e. The standard InChI is InChI=1S/C17H26O2S/c1-11(2)14-7-5-12(3)9-15(14)16-10-13(4)6-8-17(16)20(18)19/h6,8,10-12,14-15H,5,7,9H2,1-4H3,(H,18,19)/t12-,14?,15+/m1/s1. The van der Waals surface area contributed by atoms with Gasteiger partial charge in [0.1, 0.15) is 0 Å². The van der Waals surface area contributed by atoms with Crippen molar-refractivity contribution in [2.45, 2.75) is 57.8 Å². The van der Waals surface area contributed by atoms with Gasteiger partial charge in [-0.15, -0.1) is 0 Å². The Kier molecular flexibility index (Phi) is 5.03. The fourth-order valence-corrected chi connectivity index (χ4v) is 4.27. The van der Waals surface area contributed by atoms with E-state index in [0.29, 0.717) is 28.6 Å². The van der Waals surface area contributed by atoms with Crippen molar-refractivity contribution in [3.63, 3.8) is 0 Å². The highest BCUT2D eigenvalue weighted by Crippen LogP contribution is 2.45. The second-order valence-electron chi connectivity index (χ2n) is 6.72. The molecule has 1 aliphatic rings. The lowest BCUT2D eigenvalue weighted by Gasteiger charge is -2.38. The highest BCUT2D eigenvalue weighted by Gasteiger charge is 2.33. The maximum absolute atomic E-state index is 11.6. The van der Waals surface area contributed by atoms with E-state index in [1.807, 2.05) is 12.1 Å². The molecule has 1 saturated carbocycles. The molecule has 1 fully saturated rings. The Morgan fingerprint density at radius 2 is 2.00 bits per heavy atom. The predicted octanol–water partition coefficient (Wildman–Crippen LogP) is 4.75. The molecule has 0 heterocycles. The number of hydrogen-bond donors (Lipinski definition) is 1. The molecule has 0 spiro atoms. The summed E-state index contributed by atoms with van der Waals surface area (Å²) in [7, 11) is 0. The monoisotopic (exact) mass is 294 g/mol. The molecule has 20 heavy (non-hydrogen) atoms. The Balaban J connectivity index is 2.45. The first-order chi connectivity index (χ1) is 9.40. The minimum Gasteiger partial charge on any atom is -0.302 e. The minimum atomic E-state index is -1.89. The van der Waals surface area contributed by atoms with Gasteiger partial charge in [-0.2, -0.15) is 0 Å². The number of hydrogen-bond acceptors (Lipinski definition) is 1. The van der Waals surface area contributed by atoms with E-state index in [4.69, 9.17) is 0 Å². The zero-order valence-electron chi connectivity index (χ0n) is 12.9. The van der Waals surface area contributed by atoms with Gasteiger partial charge in [0.25, 0.3) is 0 Å². The van der Waals surface area contributed by atoms with Crippen LogP contribution >= 0.6 is 0 Å². The van der Waals surface area contributed by atoms with Gasteiger partial charge in [0.2, 0.25) is 0 Å². The smallest absolute Gasteiger partial charge is 0.186 e. The summed E-state index contributed by atoms with van der Waals surface area (Å²) in [6.07, 6.45) is 3.65. The van der Waals surface area contributed by atoms with Crippen LogP contribution in [0.15, 0.2) is 23.1 Å². The molecular weight excluding hydrogens is 268 g/mol. The number of benzene rings is 1. The SMILES string of the molecule is Cc1ccc(S(=O)O)c([C@H]2C[C@H](C)CCC2C(C)C)c1. The van der Waals surface area contributed by atoms with Gasteiger partial charge in [-0.25, -0.2) is 4.21 Å². The van der Waals surface area contributed by atoms with Crippen LogP contribution in [0.4, 0.5) is 0 Å². The van der Waals surface area contributed by atoms with E-state index in [1.54, 1.807) is 0 Å². The van der Waals surface area contributed by atoms with Crippen molar-refractivity contribution in [2.75, 3.05) is 0 Å². The topological polar surface area (TPSA) is 37.3 Å². The maximum atomic E-state index is 11.6. The summed E-state index contributed by atoms with van der Waals surface area (Å²) in [4.78, 5) is 0.611. The normalized spacial score (nSPS) is 28.6. The highest BCUT2D eigenvalue weighted by molar-refractivity contribution is 7.79. The largest absolute Gasteiger partial charge is 0.302 e. The van der Waals surface area contributed by atoms with Crippen molar-refractivity contribution in [1.82, 2.24) is 0 Å². The third kappa shape index (κ3) is 3.32. The second kappa shape index (κ2) is 6.40. The van der Waals surface area contributed by atoms with Gasteiger partial charge in [0.15, 0.2) is 11.1 Å². The van der Waals surface area contributed by atoms with Crippen LogP contribution in [0.2, 0.25) is 0 Å². The summed E-state index contributed by atoms with van der Waals surface area (Å²) in [5.41, 5.74) is 2.28. The molecule has 4 atom stereocenters. The molecule has 3 heteroatoms. The van der Waals surface area contributed by atoms with Crippen molar-refractivity contribution >= 4 is 11.1 Å². The molecule has 2 unspecified atom stereocenters. The lowest BCUT2D eigenvalue weighted by Crippen LogP contribution is -2.27. The first-order valence-corrected chi connectivity index (χ1v) is 8.72. The van der Waals surface area contributed by atoms with E-state index in [-0.39, 0.29) is 0 Å². The van der Waals surface area contributed by atoms with Crippen LogP contribution in [0.25, 0.3) is 0 Å². The zero-order valence-corrected chi connectivity index (χ0v) is 13.7. The fourth-order valence-electron chi connectivity index (χ4n) is 3.68. The average Bonchev–Trinajstić information content (AvgIpc) is 2.37. The molecule has 1 N–H and O–H groups in total. The lowest BCUT2D eigenvalue weighted by molar-refractivity contribution is 0.195. The summed E-state index contributed by atoms with van der Waals surface area (Å²) in [5, 5.41) is 0. The number of rotatable bonds is 3. The fraction of sp³-hybridized carbons (Fsp3) is 0.647. The molecule has 0 bridgehead atoms. The van der Waals surface area contributed by atoms with Gasteiger partial charge >= 0.3 is 0 Å². The Hall–Kier alpha value is -0.670. The molecule has 1 aliphatic carbocycles. The van der Waals surface area contributed by atoms with Crippen LogP contribution in [-0.4, -0.2) is 8.76 Å². The molecule has 0 amide bonds. The summed E-state index contributed by atoms with van der Waals surface area (Å²) in [6.45, 7) is 8.91. The molecule has 1 aromatic carbocycles. The molecule has 0 aliphatic heterocycles. The average molecular weight is 294 g/mol. The summed E-state index contributed by atoms with van der Waals surface area (Å²) >= 11 is -1.89. The van der Waals surface area contributed by atoms with Gasteiger partial charge in [0, 0.05) is 0 Å². The van der Waals surface area contributed by atoms with Crippen LogP contribution in [-0.2, 0) is 11.1 Å². The first-order valence-electron chi connectivity index (χ1n) is 7.61. The number of aryl methyl sites for hydroxylation is 1.